The molecule has 0 aromatic heterocycles. The van der Waals surface area contributed by atoms with Gasteiger partial charge in [0.05, 0.1) is 10.9 Å². The molecule has 0 amide bonds. The highest BCUT2D eigenvalue weighted by molar-refractivity contribution is 7.89. The zero-order valence-electron chi connectivity index (χ0n) is 11.0. The molecule has 0 spiro atoms. The van der Waals surface area contributed by atoms with Crippen molar-refractivity contribution in [2.45, 2.75) is 43.2 Å². The van der Waals surface area contributed by atoms with Crippen LogP contribution in [0.15, 0.2) is 47.0 Å². The molecular formula is C15H17NO2S. The molecule has 0 N–H and O–H groups in total. The van der Waals surface area contributed by atoms with Crippen LogP contribution >= 0.6 is 0 Å². The van der Waals surface area contributed by atoms with Crippen LogP contribution in [0.1, 0.15) is 24.8 Å². The summed E-state index contributed by atoms with van der Waals surface area (Å²) >= 11 is 0. The topological polar surface area (TPSA) is 37.4 Å². The third-order valence-corrected chi connectivity index (χ3v) is 6.10. The van der Waals surface area contributed by atoms with Gasteiger partial charge in [-0.05, 0) is 43.9 Å². The lowest BCUT2D eigenvalue weighted by molar-refractivity contribution is 0.402. The SMILES string of the molecule is C=C=C1C[C@@H]2CC[C@H]1N2S(=O)(=O)c1ccc(C)cc1. The predicted molar refractivity (Wildman–Crippen MR) is 74.3 cm³/mol. The van der Waals surface area contributed by atoms with E-state index in [0.717, 1.165) is 30.4 Å². The Morgan fingerprint density at radius 1 is 1.26 bits per heavy atom. The summed E-state index contributed by atoms with van der Waals surface area (Å²) in [4.78, 5) is 0.389. The first-order valence-corrected chi connectivity index (χ1v) is 7.97. The van der Waals surface area contributed by atoms with Crippen LogP contribution in [0.2, 0.25) is 0 Å². The van der Waals surface area contributed by atoms with Gasteiger partial charge in [-0.15, -0.1) is 5.73 Å². The molecular weight excluding hydrogens is 258 g/mol. The zero-order chi connectivity index (χ0) is 13.6. The van der Waals surface area contributed by atoms with Crippen molar-refractivity contribution in [1.29, 1.82) is 0 Å². The van der Waals surface area contributed by atoms with Gasteiger partial charge >= 0.3 is 0 Å². The fraction of sp³-hybridized carbons (Fsp3) is 0.400. The van der Waals surface area contributed by atoms with Gasteiger partial charge in [0.2, 0.25) is 10.0 Å². The molecule has 2 bridgehead atoms. The van der Waals surface area contributed by atoms with Crippen molar-refractivity contribution in [2.24, 2.45) is 0 Å². The molecule has 2 atom stereocenters. The van der Waals surface area contributed by atoms with Gasteiger partial charge < -0.3 is 0 Å². The van der Waals surface area contributed by atoms with Gasteiger partial charge in [0.1, 0.15) is 0 Å². The van der Waals surface area contributed by atoms with E-state index < -0.39 is 10.0 Å². The van der Waals surface area contributed by atoms with E-state index in [-0.39, 0.29) is 12.1 Å². The van der Waals surface area contributed by atoms with E-state index in [1.807, 2.05) is 19.1 Å². The summed E-state index contributed by atoms with van der Waals surface area (Å²) in [6.45, 7) is 5.63. The summed E-state index contributed by atoms with van der Waals surface area (Å²) in [7, 11) is -3.39. The Kier molecular flexibility index (Phi) is 2.90. The molecule has 1 aromatic carbocycles. The molecule has 100 valence electrons. The number of sulfonamides is 1. The maximum atomic E-state index is 12.7. The second-order valence-electron chi connectivity index (χ2n) is 5.30. The summed E-state index contributed by atoms with van der Waals surface area (Å²) in [6, 6.07) is 7.15. The number of nitrogens with zero attached hydrogens (tertiary/aromatic N) is 1. The Labute approximate surface area is 114 Å². The van der Waals surface area contributed by atoms with Crippen molar-refractivity contribution in [2.75, 3.05) is 0 Å². The van der Waals surface area contributed by atoms with Crippen LogP contribution in [-0.4, -0.2) is 24.8 Å². The molecule has 0 unspecified atom stereocenters. The molecule has 2 heterocycles. The van der Waals surface area contributed by atoms with Gasteiger partial charge in [0.25, 0.3) is 0 Å². The number of hydrogen-bond donors (Lipinski definition) is 0. The molecule has 0 radical (unpaired) electrons. The Morgan fingerprint density at radius 3 is 2.53 bits per heavy atom. The highest BCUT2D eigenvalue weighted by atomic mass is 32.2. The van der Waals surface area contributed by atoms with Crippen LogP contribution in [0.4, 0.5) is 0 Å². The van der Waals surface area contributed by atoms with Gasteiger partial charge in [0, 0.05) is 6.04 Å². The first-order chi connectivity index (χ1) is 9.04. The van der Waals surface area contributed by atoms with E-state index in [2.05, 4.69) is 12.3 Å². The van der Waals surface area contributed by atoms with Gasteiger partial charge in [-0.25, -0.2) is 8.42 Å². The molecule has 0 aliphatic carbocycles. The number of benzene rings is 1. The fourth-order valence-corrected chi connectivity index (χ4v) is 5.02. The first-order valence-electron chi connectivity index (χ1n) is 6.53. The lowest BCUT2D eigenvalue weighted by atomic mass is 9.96. The van der Waals surface area contributed by atoms with Crippen LogP contribution < -0.4 is 0 Å². The summed E-state index contributed by atoms with van der Waals surface area (Å²) < 4.78 is 27.1. The quantitative estimate of drug-likeness (QED) is 0.778. The maximum Gasteiger partial charge on any atom is 0.243 e. The van der Waals surface area contributed by atoms with Crippen molar-refractivity contribution < 1.29 is 8.42 Å². The van der Waals surface area contributed by atoms with Crippen LogP contribution in [0.3, 0.4) is 0 Å². The summed E-state index contributed by atoms with van der Waals surface area (Å²) in [6.07, 6.45) is 2.63. The highest BCUT2D eigenvalue weighted by Gasteiger charge is 2.49. The van der Waals surface area contributed by atoms with Crippen LogP contribution in [0.25, 0.3) is 0 Å². The molecule has 2 aliphatic rings. The lowest BCUT2D eigenvalue weighted by Crippen LogP contribution is -2.35. The fourth-order valence-electron chi connectivity index (χ4n) is 3.15. The van der Waals surface area contributed by atoms with Gasteiger partial charge in [-0.2, -0.15) is 4.31 Å². The van der Waals surface area contributed by atoms with Crippen molar-refractivity contribution in [3.8, 4) is 0 Å². The van der Waals surface area contributed by atoms with Gasteiger partial charge in [-0.1, -0.05) is 24.3 Å². The molecule has 2 fully saturated rings. The minimum absolute atomic E-state index is 0.0196. The number of aryl methyl sites for hydroxylation is 1. The van der Waals surface area contributed by atoms with Gasteiger partial charge in [0.15, 0.2) is 0 Å². The summed E-state index contributed by atoms with van der Waals surface area (Å²) in [5, 5.41) is 0. The lowest BCUT2D eigenvalue weighted by Gasteiger charge is -2.21. The average molecular weight is 275 g/mol. The molecule has 4 heteroatoms. The molecule has 1 aromatic rings. The Morgan fingerprint density at radius 2 is 1.95 bits per heavy atom. The monoisotopic (exact) mass is 275 g/mol. The predicted octanol–water partition coefficient (Wildman–Crippen LogP) is 2.63. The Bertz CT molecular complexity index is 654. The second-order valence-corrected chi connectivity index (χ2v) is 7.14. The number of hydrogen-bond acceptors (Lipinski definition) is 2. The van der Waals surface area contributed by atoms with Crippen molar-refractivity contribution in [3.63, 3.8) is 0 Å². The molecule has 2 aliphatic heterocycles. The molecule has 2 saturated heterocycles. The largest absolute Gasteiger partial charge is 0.243 e. The average Bonchev–Trinajstić information content (AvgIpc) is 2.97. The van der Waals surface area contributed by atoms with E-state index in [4.69, 9.17) is 0 Å². The zero-order valence-corrected chi connectivity index (χ0v) is 11.8. The van der Waals surface area contributed by atoms with Crippen LogP contribution in [0, 0.1) is 6.92 Å². The Hall–Kier alpha value is -1.35. The Balaban J connectivity index is 2.02. The molecule has 3 nitrogen and oxygen atoms in total. The molecule has 0 saturated carbocycles. The number of fused-ring (bicyclic) bond motifs is 2. The van der Waals surface area contributed by atoms with Crippen LogP contribution in [-0.2, 0) is 10.0 Å². The van der Waals surface area contributed by atoms with E-state index in [1.165, 1.54) is 0 Å². The van der Waals surface area contributed by atoms with Crippen molar-refractivity contribution in [3.05, 3.63) is 47.7 Å². The second kappa shape index (κ2) is 4.34. The standard InChI is InChI=1S/C15H17NO2S/c1-3-12-10-13-6-9-15(12)16(13)19(17,18)14-7-4-11(2)5-8-14/h4-5,7-8,13,15H,1,6,9-10H2,2H3/t13-,15+/m0/s1. The first kappa shape index (κ1) is 12.7. The smallest absolute Gasteiger partial charge is 0.207 e. The minimum atomic E-state index is -3.39. The third kappa shape index (κ3) is 1.88. The van der Waals surface area contributed by atoms with Crippen molar-refractivity contribution >= 4 is 10.0 Å². The van der Waals surface area contributed by atoms with E-state index >= 15 is 0 Å². The van der Waals surface area contributed by atoms with Crippen LogP contribution in [0.5, 0.6) is 0 Å². The maximum absolute atomic E-state index is 12.7. The summed E-state index contributed by atoms with van der Waals surface area (Å²) in [5.41, 5.74) is 5.03. The van der Waals surface area contributed by atoms with E-state index in [0.29, 0.717) is 4.90 Å². The highest BCUT2D eigenvalue weighted by Crippen LogP contribution is 2.44. The molecule has 19 heavy (non-hydrogen) atoms. The minimum Gasteiger partial charge on any atom is -0.207 e. The van der Waals surface area contributed by atoms with E-state index in [1.54, 1.807) is 16.4 Å². The third-order valence-electron chi connectivity index (χ3n) is 4.12. The molecule has 3 rings (SSSR count). The normalized spacial score (nSPS) is 26.7. The number of rotatable bonds is 2. The summed E-state index contributed by atoms with van der Waals surface area (Å²) in [5.74, 6) is 0. The van der Waals surface area contributed by atoms with Gasteiger partial charge in [-0.3, -0.25) is 0 Å². The van der Waals surface area contributed by atoms with Crippen molar-refractivity contribution in [1.82, 2.24) is 4.31 Å². The van der Waals surface area contributed by atoms with E-state index in [9.17, 15) is 8.42 Å².